The van der Waals surface area contributed by atoms with Crippen LogP contribution in [0, 0.1) is 0 Å². The summed E-state index contributed by atoms with van der Waals surface area (Å²) >= 11 is 6.12. The van der Waals surface area contributed by atoms with E-state index in [2.05, 4.69) is 34.1 Å². The Kier molecular flexibility index (Phi) is 13.6. The average molecular weight is 678 g/mol. The number of likely N-dealkylation sites (tertiary alicyclic amines) is 2. The first kappa shape index (κ1) is 35.4. The molecule has 2 aliphatic heterocycles. The molecule has 1 aromatic heterocycles. The molecule has 3 aromatic carbocycles. The monoisotopic (exact) mass is 676 g/mol. The van der Waals surface area contributed by atoms with Crippen LogP contribution in [-0.4, -0.2) is 65.0 Å². The van der Waals surface area contributed by atoms with Crippen LogP contribution >= 0.6 is 24.0 Å². The first-order chi connectivity index (χ1) is 22.6. The van der Waals surface area contributed by atoms with Crippen LogP contribution in [0.3, 0.4) is 0 Å². The molecule has 2 saturated heterocycles. The highest BCUT2D eigenvalue weighted by molar-refractivity contribution is 6.30. The van der Waals surface area contributed by atoms with Crippen molar-refractivity contribution in [2.45, 2.75) is 83.2 Å². The summed E-state index contributed by atoms with van der Waals surface area (Å²) in [5, 5.41) is 7.34. The normalized spacial score (nSPS) is 17.4. The van der Waals surface area contributed by atoms with Crippen LogP contribution in [0.2, 0.25) is 5.02 Å². The van der Waals surface area contributed by atoms with E-state index in [9.17, 15) is 4.79 Å². The Hall–Kier alpha value is -2.90. The van der Waals surface area contributed by atoms with Crippen LogP contribution < -0.4 is 10.3 Å². The lowest BCUT2D eigenvalue weighted by atomic mass is 10.0. The second kappa shape index (κ2) is 18.0. The van der Waals surface area contributed by atoms with Crippen LogP contribution in [0.5, 0.6) is 5.75 Å². The molecule has 1 atom stereocenters. The van der Waals surface area contributed by atoms with Gasteiger partial charge in [-0.2, -0.15) is 5.10 Å². The summed E-state index contributed by atoms with van der Waals surface area (Å²) in [5.41, 5.74) is 3.45. The summed E-state index contributed by atoms with van der Waals surface area (Å²) in [4.78, 5) is 18.7. The molecule has 4 aromatic rings. The van der Waals surface area contributed by atoms with Gasteiger partial charge in [0.05, 0.1) is 24.2 Å². The van der Waals surface area contributed by atoms with E-state index in [0.717, 1.165) is 91.1 Å². The molecule has 0 amide bonds. The Morgan fingerprint density at radius 3 is 2.26 bits per heavy atom. The second-order valence-corrected chi connectivity index (χ2v) is 13.6. The SMILES string of the molecule is Cl.O=c1c2ccccc2c(Cc2ccc(Cl)cc2)nn1C[C@H]1CCCN1CCCCc1ccc(OCCCN2CCCCCC2)cc1. The van der Waals surface area contributed by atoms with Crippen molar-refractivity contribution < 1.29 is 4.74 Å². The van der Waals surface area contributed by atoms with Crippen LogP contribution in [0.4, 0.5) is 0 Å². The van der Waals surface area contributed by atoms with Crippen molar-refractivity contribution in [3.8, 4) is 5.75 Å². The Morgan fingerprint density at radius 1 is 0.766 bits per heavy atom. The van der Waals surface area contributed by atoms with E-state index in [-0.39, 0.29) is 18.0 Å². The number of ether oxygens (including phenoxy) is 1. The zero-order valence-electron chi connectivity index (χ0n) is 27.6. The van der Waals surface area contributed by atoms with Gasteiger partial charge in [0.2, 0.25) is 0 Å². The van der Waals surface area contributed by atoms with Gasteiger partial charge in [0.25, 0.3) is 5.56 Å². The number of benzene rings is 3. The van der Waals surface area contributed by atoms with Gasteiger partial charge < -0.3 is 9.64 Å². The Labute approximate surface area is 291 Å². The molecule has 47 heavy (non-hydrogen) atoms. The zero-order valence-corrected chi connectivity index (χ0v) is 29.2. The highest BCUT2D eigenvalue weighted by Crippen LogP contribution is 2.22. The van der Waals surface area contributed by atoms with Gasteiger partial charge in [0, 0.05) is 29.4 Å². The highest BCUT2D eigenvalue weighted by atomic mass is 35.5. The van der Waals surface area contributed by atoms with Gasteiger partial charge in [-0.05, 0) is 119 Å². The summed E-state index contributed by atoms with van der Waals surface area (Å²) in [6.45, 7) is 7.23. The van der Waals surface area contributed by atoms with Gasteiger partial charge in [-0.25, -0.2) is 4.68 Å². The number of hydrogen-bond acceptors (Lipinski definition) is 5. The van der Waals surface area contributed by atoms with Gasteiger partial charge in [0.1, 0.15) is 5.75 Å². The van der Waals surface area contributed by atoms with E-state index in [1.165, 1.54) is 50.8 Å². The van der Waals surface area contributed by atoms with Gasteiger partial charge in [-0.1, -0.05) is 66.9 Å². The van der Waals surface area contributed by atoms with Crippen LogP contribution in [0.25, 0.3) is 10.8 Å². The fourth-order valence-corrected chi connectivity index (χ4v) is 7.31. The molecular weight excluding hydrogens is 627 g/mol. The molecule has 2 fully saturated rings. The lowest BCUT2D eigenvalue weighted by Gasteiger charge is -2.25. The van der Waals surface area contributed by atoms with E-state index in [4.69, 9.17) is 21.4 Å². The highest BCUT2D eigenvalue weighted by Gasteiger charge is 2.25. The zero-order chi connectivity index (χ0) is 31.6. The number of rotatable bonds is 14. The maximum absolute atomic E-state index is 13.5. The summed E-state index contributed by atoms with van der Waals surface area (Å²) in [6, 6.07) is 24.8. The number of unbranched alkanes of at least 4 members (excludes halogenated alkanes) is 1. The minimum Gasteiger partial charge on any atom is -0.494 e. The third kappa shape index (κ3) is 10.1. The molecule has 0 radical (unpaired) electrons. The molecule has 2 aliphatic rings. The molecule has 6 nitrogen and oxygen atoms in total. The average Bonchev–Trinajstić information content (AvgIpc) is 3.35. The maximum Gasteiger partial charge on any atom is 0.274 e. The molecule has 8 heteroatoms. The van der Waals surface area contributed by atoms with Gasteiger partial charge >= 0.3 is 0 Å². The van der Waals surface area contributed by atoms with Crippen molar-refractivity contribution >= 4 is 34.8 Å². The smallest absolute Gasteiger partial charge is 0.274 e. The van der Waals surface area contributed by atoms with Gasteiger partial charge in [0.15, 0.2) is 0 Å². The van der Waals surface area contributed by atoms with E-state index >= 15 is 0 Å². The first-order valence-corrected chi connectivity index (χ1v) is 17.9. The number of aromatic nitrogens is 2. The minimum absolute atomic E-state index is 0. The van der Waals surface area contributed by atoms with Crippen LogP contribution in [0.1, 0.15) is 74.6 Å². The van der Waals surface area contributed by atoms with E-state index in [0.29, 0.717) is 19.0 Å². The molecule has 252 valence electrons. The molecular formula is C39H50Cl2N4O2. The number of halogens is 2. The summed E-state index contributed by atoms with van der Waals surface area (Å²) in [5.74, 6) is 0.980. The van der Waals surface area contributed by atoms with E-state index in [1.807, 2.05) is 48.5 Å². The van der Waals surface area contributed by atoms with E-state index < -0.39 is 0 Å². The lowest BCUT2D eigenvalue weighted by molar-refractivity contribution is 0.221. The Bertz CT molecular complexity index is 1580. The minimum atomic E-state index is 0. The van der Waals surface area contributed by atoms with Crippen LogP contribution in [-0.2, 0) is 19.4 Å². The quantitative estimate of drug-likeness (QED) is 0.126. The van der Waals surface area contributed by atoms with Crippen molar-refractivity contribution in [2.24, 2.45) is 0 Å². The number of fused-ring (bicyclic) bond motifs is 1. The number of hydrogen-bond donors (Lipinski definition) is 0. The molecule has 3 heterocycles. The van der Waals surface area contributed by atoms with Crippen molar-refractivity contribution in [3.05, 3.63) is 105 Å². The maximum atomic E-state index is 13.5. The third-order valence-corrected chi connectivity index (χ3v) is 10.0. The van der Waals surface area contributed by atoms with Gasteiger partial charge in [-0.15, -0.1) is 12.4 Å². The third-order valence-electron chi connectivity index (χ3n) is 9.78. The summed E-state index contributed by atoms with van der Waals surface area (Å²) in [7, 11) is 0. The molecule has 0 bridgehead atoms. The molecule has 0 unspecified atom stereocenters. The largest absolute Gasteiger partial charge is 0.494 e. The van der Waals surface area contributed by atoms with Crippen molar-refractivity contribution in [3.63, 3.8) is 0 Å². The number of nitrogens with zero attached hydrogens (tertiary/aromatic N) is 4. The fourth-order valence-electron chi connectivity index (χ4n) is 7.19. The summed E-state index contributed by atoms with van der Waals surface area (Å²) < 4.78 is 7.77. The molecule has 0 aliphatic carbocycles. The first-order valence-electron chi connectivity index (χ1n) is 17.5. The Balaban J connectivity index is 0.00000433. The summed E-state index contributed by atoms with van der Waals surface area (Å²) in [6.07, 6.45) is 12.9. The molecule has 0 N–H and O–H groups in total. The van der Waals surface area contributed by atoms with Crippen LogP contribution in [0.15, 0.2) is 77.6 Å². The lowest BCUT2D eigenvalue weighted by Crippen LogP contribution is -2.38. The molecule has 6 rings (SSSR count). The molecule has 0 spiro atoms. The predicted molar refractivity (Wildman–Crippen MR) is 197 cm³/mol. The predicted octanol–water partition coefficient (Wildman–Crippen LogP) is 8.19. The topological polar surface area (TPSA) is 50.6 Å². The van der Waals surface area contributed by atoms with Gasteiger partial charge in [-0.3, -0.25) is 9.69 Å². The standard InChI is InChI=1S/C39H49ClN4O2.ClH/c40-33-19-15-32(16-20-33)29-38-36-13-3-4-14-37(36)39(45)44(41-38)30-34-12-9-27-43(34)26-8-5-11-31-17-21-35(22-18-31)46-28-10-25-42-23-6-1-2-7-24-42;/h3-4,13-22,34H,1-2,5-12,23-30H2;1H/t34-;/m1./s1. The number of aryl methyl sites for hydroxylation is 1. The Morgan fingerprint density at radius 2 is 1.49 bits per heavy atom. The van der Waals surface area contributed by atoms with Crippen molar-refractivity contribution in [1.29, 1.82) is 0 Å². The van der Waals surface area contributed by atoms with Crippen molar-refractivity contribution in [2.75, 3.05) is 39.3 Å². The molecule has 0 saturated carbocycles. The second-order valence-electron chi connectivity index (χ2n) is 13.2. The fraction of sp³-hybridized carbons (Fsp3) is 0.487. The van der Waals surface area contributed by atoms with Crippen molar-refractivity contribution in [1.82, 2.24) is 19.6 Å². The van der Waals surface area contributed by atoms with E-state index in [1.54, 1.807) is 4.68 Å².